The zero-order valence-electron chi connectivity index (χ0n) is 16.6. The summed E-state index contributed by atoms with van der Waals surface area (Å²) in [4.78, 5) is 0. The van der Waals surface area contributed by atoms with Crippen molar-refractivity contribution >= 4 is 0 Å². The number of rotatable bonds is 3. The van der Waals surface area contributed by atoms with Crippen LogP contribution >= 0.6 is 0 Å². The van der Waals surface area contributed by atoms with E-state index >= 15 is 0 Å². The molecule has 150 valence electrons. The standard InChI is InChI=1S/C24H24O5/c1-13-10-16(11-21(28-3)23(13)27)19-12-29-24-14(2)20(26)9-8-18(24)22(19)15-4-6-17(25)7-5-15/h4-11,19,22,25-27H,12H2,1-3H3. The highest BCUT2D eigenvalue weighted by molar-refractivity contribution is 5.57. The monoisotopic (exact) mass is 392 g/mol. The van der Waals surface area contributed by atoms with Crippen LogP contribution in [0.15, 0.2) is 48.5 Å². The largest absolute Gasteiger partial charge is 0.508 e. The van der Waals surface area contributed by atoms with Crippen LogP contribution in [0.2, 0.25) is 0 Å². The van der Waals surface area contributed by atoms with Crippen molar-refractivity contribution < 1.29 is 24.8 Å². The van der Waals surface area contributed by atoms with E-state index in [1.165, 1.54) is 7.11 Å². The minimum atomic E-state index is -0.0488. The third-order valence-corrected chi connectivity index (χ3v) is 5.74. The first-order valence-corrected chi connectivity index (χ1v) is 9.52. The summed E-state index contributed by atoms with van der Waals surface area (Å²) in [7, 11) is 1.54. The molecule has 0 bridgehead atoms. The summed E-state index contributed by atoms with van der Waals surface area (Å²) in [5, 5.41) is 30.1. The fraction of sp³-hybridized carbons (Fsp3) is 0.250. The highest BCUT2D eigenvalue weighted by Gasteiger charge is 2.35. The van der Waals surface area contributed by atoms with Gasteiger partial charge >= 0.3 is 0 Å². The van der Waals surface area contributed by atoms with E-state index in [4.69, 9.17) is 9.47 Å². The van der Waals surface area contributed by atoms with Crippen molar-refractivity contribution in [2.75, 3.05) is 13.7 Å². The summed E-state index contributed by atoms with van der Waals surface area (Å²) in [5.74, 6) is 1.58. The molecule has 0 saturated heterocycles. The quantitative estimate of drug-likeness (QED) is 0.600. The van der Waals surface area contributed by atoms with E-state index in [2.05, 4.69) is 0 Å². The third kappa shape index (κ3) is 3.23. The van der Waals surface area contributed by atoms with Crippen molar-refractivity contribution in [2.24, 2.45) is 0 Å². The summed E-state index contributed by atoms with van der Waals surface area (Å²) >= 11 is 0. The van der Waals surface area contributed by atoms with Gasteiger partial charge in [-0.2, -0.15) is 0 Å². The van der Waals surface area contributed by atoms with Gasteiger partial charge in [0.25, 0.3) is 0 Å². The molecule has 2 atom stereocenters. The van der Waals surface area contributed by atoms with Gasteiger partial charge in [0.05, 0.1) is 13.7 Å². The molecular weight excluding hydrogens is 368 g/mol. The van der Waals surface area contributed by atoms with Crippen LogP contribution in [0.5, 0.6) is 28.7 Å². The lowest BCUT2D eigenvalue weighted by Crippen LogP contribution is -2.26. The molecule has 4 rings (SSSR count). The summed E-state index contributed by atoms with van der Waals surface area (Å²) in [6.45, 7) is 4.10. The van der Waals surface area contributed by atoms with Gasteiger partial charge in [0.2, 0.25) is 0 Å². The lowest BCUT2D eigenvalue weighted by atomic mass is 9.75. The number of aryl methyl sites for hydroxylation is 1. The molecule has 3 aromatic rings. The molecule has 1 aliphatic heterocycles. The molecular formula is C24H24O5. The van der Waals surface area contributed by atoms with Gasteiger partial charge in [-0.25, -0.2) is 0 Å². The van der Waals surface area contributed by atoms with E-state index in [-0.39, 0.29) is 29.1 Å². The minimum absolute atomic E-state index is 0.0378. The third-order valence-electron chi connectivity index (χ3n) is 5.74. The Balaban J connectivity index is 1.90. The number of phenolic OH excluding ortho intramolecular Hbond substituents is 3. The summed E-state index contributed by atoms with van der Waals surface area (Å²) in [6.07, 6.45) is 0. The molecule has 0 radical (unpaired) electrons. The van der Waals surface area contributed by atoms with Gasteiger partial charge < -0.3 is 24.8 Å². The molecule has 29 heavy (non-hydrogen) atoms. The molecule has 0 fully saturated rings. The Morgan fingerprint density at radius 3 is 2.34 bits per heavy atom. The number of hydrogen-bond acceptors (Lipinski definition) is 5. The highest BCUT2D eigenvalue weighted by atomic mass is 16.5. The second-order valence-electron chi connectivity index (χ2n) is 7.50. The second-order valence-corrected chi connectivity index (χ2v) is 7.50. The van der Waals surface area contributed by atoms with Gasteiger partial charge in [-0.05, 0) is 54.8 Å². The predicted octanol–water partition coefficient (Wildman–Crippen LogP) is 4.74. The van der Waals surface area contributed by atoms with Crippen molar-refractivity contribution in [1.29, 1.82) is 0 Å². The zero-order valence-corrected chi connectivity index (χ0v) is 16.6. The number of hydrogen-bond donors (Lipinski definition) is 3. The van der Waals surface area contributed by atoms with Crippen LogP contribution in [-0.2, 0) is 0 Å². The Kier molecular flexibility index (Phi) is 4.74. The predicted molar refractivity (Wildman–Crippen MR) is 110 cm³/mol. The van der Waals surface area contributed by atoms with E-state index in [0.717, 1.165) is 22.3 Å². The highest BCUT2D eigenvalue weighted by Crippen LogP contribution is 2.49. The maximum Gasteiger partial charge on any atom is 0.161 e. The van der Waals surface area contributed by atoms with Crippen molar-refractivity contribution in [3.8, 4) is 28.7 Å². The normalized spacial score (nSPS) is 18.0. The first-order valence-electron chi connectivity index (χ1n) is 9.52. The maximum absolute atomic E-state index is 10.2. The Morgan fingerprint density at radius 2 is 1.66 bits per heavy atom. The molecule has 5 nitrogen and oxygen atoms in total. The van der Waals surface area contributed by atoms with Crippen LogP contribution in [0.1, 0.15) is 39.7 Å². The molecule has 1 heterocycles. The fourth-order valence-electron chi connectivity index (χ4n) is 4.15. The first kappa shape index (κ1) is 19.0. The van der Waals surface area contributed by atoms with Gasteiger partial charge in [0, 0.05) is 23.0 Å². The van der Waals surface area contributed by atoms with E-state index in [1.807, 2.05) is 44.2 Å². The first-order chi connectivity index (χ1) is 13.9. The van der Waals surface area contributed by atoms with Gasteiger partial charge in [-0.15, -0.1) is 0 Å². The molecule has 0 aromatic heterocycles. The van der Waals surface area contributed by atoms with Crippen molar-refractivity contribution in [2.45, 2.75) is 25.7 Å². The molecule has 0 aliphatic carbocycles. The Morgan fingerprint density at radius 1 is 0.931 bits per heavy atom. The Labute approximate surface area is 169 Å². The lowest BCUT2D eigenvalue weighted by molar-refractivity contribution is 0.245. The molecule has 3 aromatic carbocycles. The van der Waals surface area contributed by atoms with E-state index in [9.17, 15) is 15.3 Å². The van der Waals surface area contributed by atoms with Crippen molar-refractivity contribution in [3.05, 3.63) is 76.3 Å². The van der Waals surface area contributed by atoms with Crippen LogP contribution in [0.3, 0.4) is 0 Å². The number of phenols is 3. The van der Waals surface area contributed by atoms with E-state index < -0.39 is 0 Å². The second kappa shape index (κ2) is 7.24. The molecule has 0 amide bonds. The van der Waals surface area contributed by atoms with Crippen molar-refractivity contribution in [1.82, 2.24) is 0 Å². The van der Waals surface area contributed by atoms with Gasteiger partial charge in [-0.3, -0.25) is 0 Å². The molecule has 0 spiro atoms. The number of ether oxygens (including phenoxy) is 2. The smallest absolute Gasteiger partial charge is 0.161 e. The van der Waals surface area contributed by atoms with Crippen LogP contribution in [0, 0.1) is 13.8 Å². The number of benzene rings is 3. The summed E-state index contributed by atoms with van der Waals surface area (Å²) in [5.41, 5.74) is 4.45. The number of aromatic hydroxyl groups is 3. The molecule has 0 saturated carbocycles. The Bertz CT molecular complexity index is 1060. The average Bonchev–Trinajstić information content (AvgIpc) is 2.72. The van der Waals surface area contributed by atoms with E-state index in [1.54, 1.807) is 18.2 Å². The lowest BCUT2D eigenvalue weighted by Gasteiger charge is -2.35. The molecule has 5 heteroatoms. The molecule has 3 N–H and O–H groups in total. The zero-order chi connectivity index (χ0) is 20.7. The topological polar surface area (TPSA) is 79.2 Å². The number of fused-ring (bicyclic) bond motifs is 1. The van der Waals surface area contributed by atoms with Gasteiger partial charge in [-0.1, -0.05) is 24.3 Å². The SMILES string of the molecule is COc1cc(C2COc3c(ccc(O)c3C)C2c2ccc(O)cc2)cc(C)c1O. The average molecular weight is 392 g/mol. The molecule has 2 unspecified atom stereocenters. The van der Waals surface area contributed by atoms with Gasteiger partial charge in [0.15, 0.2) is 11.5 Å². The van der Waals surface area contributed by atoms with Crippen LogP contribution in [-0.4, -0.2) is 29.0 Å². The van der Waals surface area contributed by atoms with Crippen LogP contribution in [0.4, 0.5) is 0 Å². The van der Waals surface area contributed by atoms with Crippen LogP contribution < -0.4 is 9.47 Å². The van der Waals surface area contributed by atoms with Crippen molar-refractivity contribution in [3.63, 3.8) is 0 Å². The van der Waals surface area contributed by atoms with Gasteiger partial charge in [0.1, 0.15) is 17.2 Å². The Hall–Kier alpha value is -3.34. The summed E-state index contributed by atoms with van der Waals surface area (Å²) in [6, 6.07) is 14.6. The summed E-state index contributed by atoms with van der Waals surface area (Å²) < 4.78 is 11.5. The fourth-order valence-corrected chi connectivity index (χ4v) is 4.15. The number of methoxy groups -OCH3 is 1. The van der Waals surface area contributed by atoms with Crippen LogP contribution in [0.25, 0.3) is 0 Å². The minimum Gasteiger partial charge on any atom is -0.508 e. The van der Waals surface area contributed by atoms with E-state index in [0.29, 0.717) is 23.7 Å². The molecule has 1 aliphatic rings. The maximum atomic E-state index is 10.2.